The van der Waals surface area contributed by atoms with Crippen LogP contribution in [0.1, 0.15) is 27.2 Å². The SMILES string of the molecule is CC(=O)NCCNC(=O)CN1CCC(C(=O)O)(C(C)C)C1. The fourth-order valence-corrected chi connectivity index (χ4v) is 2.64. The third-order valence-electron chi connectivity index (χ3n) is 4.10. The van der Waals surface area contributed by atoms with Gasteiger partial charge in [0, 0.05) is 26.6 Å². The summed E-state index contributed by atoms with van der Waals surface area (Å²) in [4.78, 5) is 35.8. The zero-order chi connectivity index (χ0) is 16.0. The molecule has 0 aliphatic carbocycles. The van der Waals surface area contributed by atoms with Crippen LogP contribution < -0.4 is 10.6 Å². The zero-order valence-electron chi connectivity index (χ0n) is 12.9. The van der Waals surface area contributed by atoms with Crippen LogP contribution in [0.15, 0.2) is 0 Å². The molecule has 0 aromatic heterocycles. The van der Waals surface area contributed by atoms with Crippen LogP contribution in [-0.4, -0.2) is 60.5 Å². The molecule has 2 amide bonds. The molecule has 120 valence electrons. The van der Waals surface area contributed by atoms with Gasteiger partial charge in [0.1, 0.15) is 0 Å². The number of hydrogen-bond donors (Lipinski definition) is 3. The minimum absolute atomic E-state index is 0.0304. The highest BCUT2D eigenvalue weighted by molar-refractivity contribution is 5.79. The molecular weight excluding hydrogens is 274 g/mol. The molecule has 0 saturated carbocycles. The summed E-state index contributed by atoms with van der Waals surface area (Å²) in [6.45, 7) is 7.22. The average Bonchev–Trinajstić information content (AvgIpc) is 2.79. The van der Waals surface area contributed by atoms with E-state index in [0.717, 1.165) is 0 Å². The fraction of sp³-hybridized carbons (Fsp3) is 0.786. The number of nitrogens with zero attached hydrogens (tertiary/aromatic N) is 1. The number of nitrogens with one attached hydrogen (secondary N) is 2. The van der Waals surface area contributed by atoms with Crippen LogP contribution in [0.3, 0.4) is 0 Å². The second kappa shape index (κ2) is 7.40. The Hall–Kier alpha value is -1.63. The summed E-state index contributed by atoms with van der Waals surface area (Å²) in [6.07, 6.45) is 0.569. The van der Waals surface area contributed by atoms with Crippen molar-refractivity contribution in [2.24, 2.45) is 11.3 Å². The van der Waals surface area contributed by atoms with Crippen LogP contribution in [0.25, 0.3) is 0 Å². The van der Waals surface area contributed by atoms with Crippen LogP contribution in [0.5, 0.6) is 0 Å². The first-order valence-electron chi connectivity index (χ1n) is 7.25. The number of carboxylic acids is 1. The largest absolute Gasteiger partial charge is 0.481 e. The van der Waals surface area contributed by atoms with Gasteiger partial charge in [0.25, 0.3) is 0 Å². The Morgan fingerprint density at radius 1 is 1.24 bits per heavy atom. The molecule has 0 spiro atoms. The first kappa shape index (κ1) is 17.4. The summed E-state index contributed by atoms with van der Waals surface area (Å²) in [6, 6.07) is 0. The number of likely N-dealkylation sites (tertiary alicyclic amines) is 1. The predicted molar refractivity (Wildman–Crippen MR) is 77.7 cm³/mol. The van der Waals surface area contributed by atoms with E-state index in [0.29, 0.717) is 32.6 Å². The molecule has 1 aliphatic rings. The van der Waals surface area contributed by atoms with Crippen molar-refractivity contribution >= 4 is 17.8 Å². The lowest BCUT2D eigenvalue weighted by molar-refractivity contribution is -0.151. The smallest absolute Gasteiger partial charge is 0.311 e. The van der Waals surface area contributed by atoms with Gasteiger partial charge in [-0.25, -0.2) is 0 Å². The first-order valence-corrected chi connectivity index (χ1v) is 7.25. The molecule has 1 fully saturated rings. The van der Waals surface area contributed by atoms with E-state index in [1.165, 1.54) is 6.92 Å². The van der Waals surface area contributed by atoms with Crippen LogP contribution >= 0.6 is 0 Å². The van der Waals surface area contributed by atoms with Crippen molar-refractivity contribution in [2.75, 3.05) is 32.7 Å². The van der Waals surface area contributed by atoms with Crippen LogP contribution in [-0.2, 0) is 14.4 Å². The van der Waals surface area contributed by atoms with E-state index in [9.17, 15) is 19.5 Å². The lowest BCUT2D eigenvalue weighted by atomic mass is 9.76. The number of carbonyl (C=O) groups excluding carboxylic acids is 2. The molecule has 1 rings (SSSR count). The highest BCUT2D eigenvalue weighted by Crippen LogP contribution is 2.37. The van der Waals surface area contributed by atoms with E-state index < -0.39 is 11.4 Å². The van der Waals surface area contributed by atoms with Gasteiger partial charge in [0.05, 0.1) is 12.0 Å². The molecule has 0 bridgehead atoms. The summed E-state index contributed by atoms with van der Waals surface area (Å²) in [7, 11) is 0. The number of hydrogen-bond acceptors (Lipinski definition) is 4. The van der Waals surface area contributed by atoms with Gasteiger partial charge in [-0.2, -0.15) is 0 Å². The normalized spacial score (nSPS) is 22.3. The number of aliphatic carboxylic acids is 1. The van der Waals surface area contributed by atoms with Crippen molar-refractivity contribution in [2.45, 2.75) is 27.2 Å². The maximum Gasteiger partial charge on any atom is 0.311 e. The summed E-state index contributed by atoms with van der Waals surface area (Å²) >= 11 is 0. The maximum atomic E-state index is 11.8. The topological polar surface area (TPSA) is 98.7 Å². The quantitative estimate of drug-likeness (QED) is 0.559. The van der Waals surface area contributed by atoms with E-state index in [4.69, 9.17) is 0 Å². The van der Waals surface area contributed by atoms with Gasteiger partial charge in [-0.15, -0.1) is 0 Å². The lowest BCUT2D eigenvalue weighted by Crippen LogP contribution is -2.43. The first-order chi connectivity index (χ1) is 9.78. The molecule has 7 nitrogen and oxygen atoms in total. The molecular formula is C14H25N3O4. The van der Waals surface area contributed by atoms with Crippen molar-refractivity contribution in [1.82, 2.24) is 15.5 Å². The molecule has 1 heterocycles. The maximum absolute atomic E-state index is 11.8. The van der Waals surface area contributed by atoms with Crippen molar-refractivity contribution < 1.29 is 19.5 Å². The van der Waals surface area contributed by atoms with Gasteiger partial charge in [-0.3, -0.25) is 19.3 Å². The van der Waals surface area contributed by atoms with E-state index in [2.05, 4.69) is 10.6 Å². The monoisotopic (exact) mass is 299 g/mol. The Labute approximate surface area is 125 Å². The second-order valence-corrected chi connectivity index (χ2v) is 5.91. The summed E-state index contributed by atoms with van der Waals surface area (Å²) < 4.78 is 0. The van der Waals surface area contributed by atoms with Crippen molar-refractivity contribution in [3.8, 4) is 0 Å². The van der Waals surface area contributed by atoms with Crippen LogP contribution in [0, 0.1) is 11.3 Å². The van der Waals surface area contributed by atoms with Gasteiger partial charge >= 0.3 is 5.97 Å². The molecule has 1 atom stereocenters. The Morgan fingerprint density at radius 3 is 2.33 bits per heavy atom. The Bertz CT molecular complexity index is 411. The van der Waals surface area contributed by atoms with Gasteiger partial charge in [-0.05, 0) is 18.9 Å². The van der Waals surface area contributed by atoms with E-state index >= 15 is 0 Å². The number of carbonyl (C=O) groups is 3. The van der Waals surface area contributed by atoms with Crippen molar-refractivity contribution in [3.05, 3.63) is 0 Å². The van der Waals surface area contributed by atoms with Crippen molar-refractivity contribution in [3.63, 3.8) is 0 Å². The molecule has 0 aromatic carbocycles. The van der Waals surface area contributed by atoms with Gasteiger partial charge < -0.3 is 15.7 Å². The average molecular weight is 299 g/mol. The summed E-state index contributed by atoms with van der Waals surface area (Å²) in [5.74, 6) is -1.04. The molecule has 21 heavy (non-hydrogen) atoms. The fourth-order valence-electron chi connectivity index (χ4n) is 2.64. The van der Waals surface area contributed by atoms with Crippen LogP contribution in [0.2, 0.25) is 0 Å². The molecule has 1 aliphatic heterocycles. The molecule has 7 heteroatoms. The standard InChI is InChI=1S/C14H25N3O4/c1-10(2)14(13(20)21)4-7-17(9-14)8-12(19)16-6-5-15-11(3)18/h10H,4-9H2,1-3H3,(H,15,18)(H,16,19)(H,20,21). The van der Waals surface area contributed by atoms with Gasteiger partial charge in [0.15, 0.2) is 0 Å². The molecule has 1 unspecified atom stereocenters. The van der Waals surface area contributed by atoms with E-state index in [1.807, 2.05) is 18.7 Å². The Morgan fingerprint density at radius 2 is 1.86 bits per heavy atom. The molecule has 1 saturated heterocycles. The minimum atomic E-state index is -0.786. The molecule has 3 N–H and O–H groups in total. The third-order valence-corrected chi connectivity index (χ3v) is 4.10. The summed E-state index contributed by atoms with van der Waals surface area (Å²) in [5.41, 5.74) is -0.754. The highest BCUT2D eigenvalue weighted by Gasteiger charge is 2.47. The van der Waals surface area contributed by atoms with Crippen molar-refractivity contribution in [1.29, 1.82) is 0 Å². The van der Waals surface area contributed by atoms with E-state index in [1.54, 1.807) is 0 Å². The second-order valence-electron chi connectivity index (χ2n) is 5.91. The van der Waals surface area contributed by atoms with Crippen LogP contribution in [0.4, 0.5) is 0 Å². The predicted octanol–water partition coefficient (Wildman–Crippen LogP) is -0.329. The lowest BCUT2D eigenvalue weighted by Gasteiger charge is -2.28. The number of rotatable bonds is 7. The van der Waals surface area contributed by atoms with E-state index in [-0.39, 0.29) is 24.3 Å². The highest BCUT2D eigenvalue weighted by atomic mass is 16.4. The minimum Gasteiger partial charge on any atom is -0.481 e. The Kier molecular flexibility index (Phi) is 6.14. The molecule has 0 aromatic rings. The van der Waals surface area contributed by atoms with Gasteiger partial charge in [-0.1, -0.05) is 13.8 Å². The third kappa shape index (κ3) is 4.70. The number of amides is 2. The molecule has 0 radical (unpaired) electrons. The zero-order valence-corrected chi connectivity index (χ0v) is 12.9. The number of carboxylic acid groups (broad SMARTS) is 1. The summed E-state index contributed by atoms with van der Waals surface area (Å²) in [5, 5.41) is 14.7. The Balaban J connectivity index is 2.38. The van der Waals surface area contributed by atoms with Gasteiger partial charge in [0.2, 0.25) is 11.8 Å².